The van der Waals surface area contributed by atoms with Gasteiger partial charge in [0.2, 0.25) is 5.75 Å². The van der Waals surface area contributed by atoms with Gasteiger partial charge < -0.3 is 14.2 Å². The Balaban J connectivity index is 2.22. The van der Waals surface area contributed by atoms with Gasteiger partial charge in [-0.25, -0.2) is 4.39 Å². The molecular weight excluding hydrogens is 297 g/mol. The van der Waals surface area contributed by atoms with Crippen LogP contribution in [-0.2, 0) is 6.42 Å². The van der Waals surface area contributed by atoms with E-state index in [1.54, 1.807) is 33.5 Å². The molecule has 1 heterocycles. The Hall–Kier alpha value is -2.56. The fourth-order valence-electron chi connectivity index (χ4n) is 2.87. The van der Waals surface area contributed by atoms with Crippen LogP contribution >= 0.6 is 0 Å². The molecule has 0 N–H and O–H groups in total. The van der Waals surface area contributed by atoms with E-state index in [2.05, 4.69) is 4.99 Å². The Morgan fingerprint density at radius 3 is 2.26 bits per heavy atom. The molecule has 0 aliphatic carbocycles. The summed E-state index contributed by atoms with van der Waals surface area (Å²) in [6.45, 7) is 0.665. The van der Waals surface area contributed by atoms with Gasteiger partial charge in [0.05, 0.1) is 27.0 Å². The summed E-state index contributed by atoms with van der Waals surface area (Å²) in [5.74, 6) is 1.48. The molecule has 4 nitrogen and oxygen atoms in total. The van der Waals surface area contributed by atoms with Gasteiger partial charge in [-0.2, -0.15) is 0 Å². The van der Waals surface area contributed by atoms with Gasteiger partial charge in [0.25, 0.3) is 0 Å². The summed E-state index contributed by atoms with van der Waals surface area (Å²) >= 11 is 0. The van der Waals surface area contributed by atoms with Crippen molar-refractivity contribution in [1.82, 2.24) is 0 Å². The molecule has 0 bridgehead atoms. The second-order valence-electron chi connectivity index (χ2n) is 5.17. The Labute approximate surface area is 134 Å². The van der Waals surface area contributed by atoms with Crippen molar-refractivity contribution in [3.8, 4) is 17.2 Å². The summed E-state index contributed by atoms with van der Waals surface area (Å²) in [7, 11) is 4.76. The molecular formula is C18H18FNO3. The standard InChI is InChI=1S/C18H18FNO3/c1-21-14-10-12-8-9-20-16(11-4-6-13(19)7-5-11)15(12)18(23-3)17(14)22-2/h4-7,10H,8-9H2,1-3H3. The highest BCUT2D eigenvalue weighted by Crippen LogP contribution is 2.44. The van der Waals surface area contributed by atoms with Gasteiger partial charge in [-0.05, 0) is 42.3 Å². The van der Waals surface area contributed by atoms with Crippen LogP contribution in [0.15, 0.2) is 35.3 Å². The monoisotopic (exact) mass is 315 g/mol. The van der Waals surface area contributed by atoms with E-state index in [1.807, 2.05) is 6.07 Å². The molecule has 2 aromatic carbocycles. The third-order valence-corrected chi connectivity index (χ3v) is 3.92. The molecule has 120 valence electrons. The fraction of sp³-hybridized carbons (Fsp3) is 0.278. The summed E-state index contributed by atoms with van der Waals surface area (Å²) in [4.78, 5) is 4.63. The predicted octanol–water partition coefficient (Wildman–Crippen LogP) is 3.25. The zero-order valence-corrected chi connectivity index (χ0v) is 13.4. The topological polar surface area (TPSA) is 40.0 Å². The molecule has 0 aromatic heterocycles. The van der Waals surface area contributed by atoms with E-state index >= 15 is 0 Å². The van der Waals surface area contributed by atoms with Crippen LogP contribution < -0.4 is 14.2 Å². The third-order valence-electron chi connectivity index (χ3n) is 3.92. The Morgan fingerprint density at radius 2 is 1.65 bits per heavy atom. The van der Waals surface area contributed by atoms with Crippen molar-refractivity contribution in [1.29, 1.82) is 0 Å². The van der Waals surface area contributed by atoms with Gasteiger partial charge in [0.15, 0.2) is 11.5 Å². The van der Waals surface area contributed by atoms with Crippen molar-refractivity contribution in [3.05, 3.63) is 52.8 Å². The summed E-state index contributed by atoms with van der Waals surface area (Å²) in [5, 5.41) is 0. The number of aliphatic imine (C=N–C) groups is 1. The number of fused-ring (bicyclic) bond motifs is 1. The average molecular weight is 315 g/mol. The molecule has 0 radical (unpaired) electrons. The summed E-state index contributed by atoms with van der Waals surface area (Å²) in [6, 6.07) is 8.26. The van der Waals surface area contributed by atoms with Gasteiger partial charge in [-0.15, -0.1) is 0 Å². The molecule has 2 aromatic rings. The van der Waals surface area contributed by atoms with E-state index in [0.29, 0.717) is 23.8 Å². The molecule has 0 fully saturated rings. The number of methoxy groups -OCH3 is 3. The van der Waals surface area contributed by atoms with E-state index in [-0.39, 0.29) is 5.82 Å². The van der Waals surface area contributed by atoms with Gasteiger partial charge >= 0.3 is 0 Å². The van der Waals surface area contributed by atoms with Crippen LogP contribution in [0.5, 0.6) is 17.2 Å². The van der Waals surface area contributed by atoms with Gasteiger partial charge in [-0.3, -0.25) is 4.99 Å². The van der Waals surface area contributed by atoms with Crippen LogP contribution in [0.1, 0.15) is 16.7 Å². The van der Waals surface area contributed by atoms with Crippen molar-refractivity contribution >= 4 is 5.71 Å². The van der Waals surface area contributed by atoms with Crippen molar-refractivity contribution in [2.75, 3.05) is 27.9 Å². The summed E-state index contributed by atoms with van der Waals surface area (Å²) in [5.41, 5.74) is 3.58. The number of hydrogen-bond donors (Lipinski definition) is 0. The number of hydrogen-bond acceptors (Lipinski definition) is 4. The molecule has 1 aliphatic rings. The molecule has 0 amide bonds. The predicted molar refractivity (Wildman–Crippen MR) is 86.7 cm³/mol. The number of halogens is 1. The largest absolute Gasteiger partial charge is 0.493 e. The first-order chi connectivity index (χ1) is 11.2. The van der Waals surface area contributed by atoms with E-state index in [9.17, 15) is 4.39 Å². The smallest absolute Gasteiger partial charge is 0.203 e. The maximum atomic E-state index is 13.2. The zero-order chi connectivity index (χ0) is 16.4. The second-order valence-corrected chi connectivity index (χ2v) is 5.17. The number of nitrogens with zero attached hydrogens (tertiary/aromatic N) is 1. The van der Waals surface area contributed by atoms with E-state index < -0.39 is 0 Å². The lowest BCUT2D eigenvalue weighted by Crippen LogP contribution is -2.16. The lowest BCUT2D eigenvalue weighted by atomic mass is 9.91. The highest BCUT2D eigenvalue weighted by molar-refractivity contribution is 6.16. The molecule has 3 rings (SSSR count). The second kappa shape index (κ2) is 6.28. The van der Waals surface area contributed by atoms with Crippen LogP contribution in [0.25, 0.3) is 0 Å². The summed E-state index contributed by atoms with van der Waals surface area (Å²) in [6.07, 6.45) is 0.788. The maximum Gasteiger partial charge on any atom is 0.203 e. The zero-order valence-electron chi connectivity index (χ0n) is 13.4. The number of ether oxygens (including phenoxy) is 3. The van der Waals surface area contributed by atoms with E-state index in [0.717, 1.165) is 28.8 Å². The lowest BCUT2D eigenvalue weighted by Gasteiger charge is -2.23. The number of benzene rings is 2. The summed E-state index contributed by atoms with van der Waals surface area (Å²) < 4.78 is 29.7. The first-order valence-electron chi connectivity index (χ1n) is 7.32. The maximum absolute atomic E-state index is 13.2. The Kier molecular flexibility index (Phi) is 4.19. The Bertz CT molecular complexity index is 754. The SMILES string of the molecule is COc1cc2c(c(OC)c1OC)C(c1ccc(F)cc1)=NCC2. The van der Waals surface area contributed by atoms with Crippen molar-refractivity contribution in [2.24, 2.45) is 4.99 Å². The molecule has 5 heteroatoms. The Morgan fingerprint density at radius 1 is 0.957 bits per heavy atom. The molecule has 23 heavy (non-hydrogen) atoms. The molecule has 0 unspecified atom stereocenters. The van der Waals surface area contributed by atoms with Crippen molar-refractivity contribution in [2.45, 2.75) is 6.42 Å². The van der Waals surface area contributed by atoms with Gasteiger partial charge in [0, 0.05) is 17.7 Å². The lowest BCUT2D eigenvalue weighted by molar-refractivity contribution is 0.323. The first-order valence-corrected chi connectivity index (χ1v) is 7.32. The normalized spacial score (nSPS) is 13.1. The minimum absolute atomic E-state index is 0.273. The molecule has 0 atom stereocenters. The van der Waals surface area contributed by atoms with E-state index in [1.165, 1.54) is 12.1 Å². The molecule has 0 saturated heterocycles. The molecule has 1 aliphatic heterocycles. The van der Waals surface area contributed by atoms with Gasteiger partial charge in [-0.1, -0.05) is 0 Å². The highest BCUT2D eigenvalue weighted by Gasteiger charge is 2.26. The quantitative estimate of drug-likeness (QED) is 0.869. The molecule has 0 saturated carbocycles. The van der Waals surface area contributed by atoms with E-state index in [4.69, 9.17) is 14.2 Å². The third kappa shape index (κ3) is 2.63. The van der Waals surface area contributed by atoms with Crippen LogP contribution in [0.4, 0.5) is 4.39 Å². The van der Waals surface area contributed by atoms with Crippen LogP contribution in [-0.4, -0.2) is 33.6 Å². The van der Waals surface area contributed by atoms with Crippen LogP contribution in [0, 0.1) is 5.82 Å². The minimum atomic E-state index is -0.273. The van der Waals surface area contributed by atoms with Gasteiger partial charge in [0.1, 0.15) is 5.82 Å². The van der Waals surface area contributed by atoms with Crippen LogP contribution in [0.2, 0.25) is 0 Å². The number of rotatable bonds is 4. The van der Waals surface area contributed by atoms with Crippen molar-refractivity contribution in [3.63, 3.8) is 0 Å². The van der Waals surface area contributed by atoms with Crippen LogP contribution in [0.3, 0.4) is 0 Å². The molecule has 0 spiro atoms. The highest BCUT2D eigenvalue weighted by atomic mass is 19.1. The fourth-order valence-corrected chi connectivity index (χ4v) is 2.87. The minimum Gasteiger partial charge on any atom is -0.493 e. The van der Waals surface area contributed by atoms with Crippen molar-refractivity contribution < 1.29 is 18.6 Å². The first kappa shape index (κ1) is 15.3. The average Bonchev–Trinajstić information content (AvgIpc) is 2.60.